The van der Waals surface area contributed by atoms with Crippen LogP contribution in [0.3, 0.4) is 0 Å². The number of halogens is 1. The van der Waals surface area contributed by atoms with Gasteiger partial charge >= 0.3 is 0 Å². The second-order valence-electron chi connectivity index (χ2n) is 7.50. The van der Waals surface area contributed by atoms with E-state index in [1.165, 1.54) is 5.56 Å². The lowest BCUT2D eigenvalue weighted by molar-refractivity contribution is 0.894. The van der Waals surface area contributed by atoms with Gasteiger partial charge in [-0.3, -0.25) is 0 Å². The molecule has 0 bridgehead atoms. The summed E-state index contributed by atoms with van der Waals surface area (Å²) in [4.78, 5) is 9.52. The highest BCUT2D eigenvalue weighted by Gasteiger charge is 2.14. The lowest BCUT2D eigenvalue weighted by Gasteiger charge is -2.11. The molecule has 6 nitrogen and oxygen atoms in total. The number of rotatable bonds is 6. The maximum atomic E-state index is 6.04. The molecule has 7 heteroatoms. The van der Waals surface area contributed by atoms with Crippen molar-refractivity contribution >= 4 is 40.1 Å². The van der Waals surface area contributed by atoms with Crippen molar-refractivity contribution in [1.29, 1.82) is 0 Å². The smallest absolute Gasteiger partial charge is 0.227 e. The number of aromatic nitrogens is 4. The lowest BCUT2D eigenvalue weighted by atomic mass is 10.1. The number of benzene rings is 3. The molecule has 5 rings (SSSR count). The van der Waals surface area contributed by atoms with E-state index in [4.69, 9.17) is 21.6 Å². The molecule has 32 heavy (non-hydrogen) atoms. The molecule has 0 atom stereocenters. The van der Waals surface area contributed by atoms with Gasteiger partial charge in [0.15, 0.2) is 5.65 Å². The second kappa shape index (κ2) is 8.69. The first-order chi connectivity index (χ1) is 15.7. The monoisotopic (exact) mass is 440 g/mol. The van der Waals surface area contributed by atoms with E-state index in [0.29, 0.717) is 29.0 Å². The summed E-state index contributed by atoms with van der Waals surface area (Å²) in [5, 5.41) is 12.8. The summed E-state index contributed by atoms with van der Waals surface area (Å²) < 4.78 is 1.82. The van der Waals surface area contributed by atoms with E-state index in [1.807, 2.05) is 59.3 Å². The Morgan fingerprint density at radius 1 is 0.875 bits per heavy atom. The van der Waals surface area contributed by atoms with Gasteiger partial charge in [0.2, 0.25) is 5.95 Å². The largest absolute Gasteiger partial charge is 0.350 e. The van der Waals surface area contributed by atoms with Gasteiger partial charge in [0.05, 0.1) is 17.3 Å². The first-order valence-corrected chi connectivity index (χ1v) is 10.7. The molecule has 2 aromatic heterocycles. The predicted octanol–water partition coefficient (Wildman–Crippen LogP) is 6.13. The highest BCUT2D eigenvalue weighted by molar-refractivity contribution is 6.30. The average molecular weight is 441 g/mol. The molecule has 0 amide bonds. The summed E-state index contributed by atoms with van der Waals surface area (Å²) in [6.07, 6.45) is 1.78. The first kappa shape index (κ1) is 20.0. The third kappa shape index (κ3) is 4.26. The Balaban J connectivity index is 1.54. The molecule has 3 aromatic carbocycles. The molecule has 0 aliphatic rings. The van der Waals surface area contributed by atoms with Crippen LogP contribution in [0.4, 0.5) is 17.5 Å². The Hall–Kier alpha value is -3.90. The van der Waals surface area contributed by atoms with E-state index in [0.717, 1.165) is 22.3 Å². The molecule has 0 saturated carbocycles. The summed E-state index contributed by atoms with van der Waals surface area (Å²) in [5.74, 6) is 1.19. The number of hydrogen-bond donors (Lipinski definition) is 2. The lowest BCUT2D eigenvalue weighted by Crippen LogP contribution is -2.07. The molecule has 2 N–H and O–H groups in total. The van der Waals surface area contributed by atoms with Gasteiger partial charge in [0, 0.05) is 17.3 Å². The summed E-state index contributed by atoms with van der Waals surface area (Å²) in [6, 6.07) is 25.8. The Bertz CT molecular complexity index is 1350. The quantitative estimate of drug-likeness (QED) is 0.332. The van der Waals surface area contributed by atoms with Crippen molar-refractivity contribution in [3.05, 3.63) is 101 Å². The first-order valence-electron chi connectivity index (χ1n) is 10.3. The van der Waals surface area contributed by atoms with Crippen LogP contribution < -0.4 is 10.6 Å². The molecule has 5 aromatic rings. The Morgan fingerprint density at radius 2 is 1.62 bits per heavy atom. The zero-order chi connectivity index (χ0) is 21.9. The number of anilines is 3. The van der Waals surface area contributed by atoms with Crippen LogP contribution in [0.2, 0.25) is 5.02 Å². The van der Waals surface area contributed by atoms with Gasteiger partial charge in [0.1, 0.15) is 5.82 Å². The van der Waals surface area contributed by atoms with Crippen LogP contribution >= 0.6 is 11.6 Å². The number of fused-ring (bicyclic) bond motifs is 1. The fourth-order valence-electron chi connectivity index (χ4n) is 3.40. The molecule has 0 spiro atoms. The molecule has 0 saturated heterocycles. The average Bonchev–Trinajstić information content (AvgIpc) is 3.25. The number of nitrogens with zero attached hydrogens (tertiary/aromatic N) is 4. The molecule has 158 valence electrons. The predicted molar refractivity (Wildman–Crippen MR) is 130 cm³/mol. The number of aryl methyl sites for hydroxylation is 1. The van der Waals surface area contributed by atoms with Crippen molar-refractivity contribution < 1.29 is 0 Å². The van der Waals surface area contributed by atoms with Crippen LogP contribution in [-0.2, 0) is 6.54 Å². The van der Waals surface area contributed by atoms with Crippen molar-refractivity contribution in [1.82, 2.24) is 19.7 Å². The molecular formula is C25H21ClN6. The van der Waals surface area contributed by atoms with E-state index in [1.54, 1.807) is 6.20 Å². The van der Waals surface area contributed by atoms with Crippen molar-refractivity contribution in [2.45, 2.75) is 13.5 Å². The molecular weight excluding hydrogens is 420 g/mol. The topological polar surface area (TPSA) is 67.7 Å². The van der Waals surface area contributed by atoms with E-state index < -0.39 is 0 Å². The van der Waals surface area contributed by atoms with Gasteiger partial charge < -0.3 is 10.6 Å². The van der Waals surface area contributed by atoms with Gasteiger partial charge in [0.25, 0.3) is 0 Å². The SMILES string of the molecule is Cc1ccc(CNc2nc(Nc3ccc(Cl)cc3)c3cnn(-c4ccccc4)c3n2)cc1. The summed E-state index contributed by atoms with van der Waals surface area (Å²) in [7, 11) is 0. The zero-order valence-electron chi connectivity index (χ0n) is 17.5. The highest BCUT2D eigenvalue weighted by atomic mass is 35.5. The van der Waals surface area contributed by atoms with Crippen LogP contribution in [-0.4, -0.2) is 19.7 Å². The summed E-state index contributed by atoms with van der Waals surface area (Å²) in [6.45, 7) is 2.69. The van der Waals surface area contributed by atoms with Crippen LogP contribution in [0.5, 0.6) is 0 Å². The summed E-state index contributed by atoms with van der Waals surface area (Å²) >= 11 is 6.04. The Kier molecular flexibility index (Phi) is 5.44. The van der Waals surface area contributed by atoms with Crippen LogP contribution in [0.1, 0.15) is 11.1 Å². The fourth-order valence-corrected chi connectivity index (χ4v) is 3.52. The van der Waals surface area contributed by atoms with Gasteiger partial charge in [-0.25, -0.2) is 4.68 Å². The van der Waals surface area contributed by atoms with Crippen LogP contribution in [0.15, 0.2) is 85.1 Å². The van der Waals surface area contributed by atoms with Crippen molar-refractivity contribution in [2.24, 2.45) is 0 Å². The van der Waals surface area contributed by atoms with Crippen molar-refractivity contribution in [2.75, 3.05) is 10.6 Å². The molecule has 0 aliphatic carbocycles. The standard InChI is InChI=1S/C25H21ClN6/c1-17-7-9-18(10-8-17)15-27-25-30-23(29-20-13-11-19(26)12-14-20)22-16-28-32(24(22)31-25)21-5-3-2-4-6-21/h2-14,16H,15H2,1H3,(H2,27,29,30,31). The fraction of sp³-hybridized carbons (Fsp3) is 0.0800. The molecule has 0 aliphatic heterocycles. The van der Waals surface area contributed by atoms with Gasteiger partial charge in [-0.2, -0.15) is 15.1 Å². The van der Waals surface area contributed by atoms with E-state index in [9.17, 15) is 0 Å². The minimum absolute atomic E-state index is 0.521. The maximum Gasteiger partial charge on any atom is 0.227 e. The van der Waals surface area contributed by atoms with E-state index >= 15 is 0 Å². The number of hydrogen-bond acceptors (Lipinski definition) is 5. The third-order valence-electron chi connectivity index (χ3n) is 5.11. The number of para-hydroxylation sites is 1. The Morgan fingerprint density at radius 3 is 2.38 bits per heavy atom. The second-order valence-corrected chi connectivity index (χ2v) is 7.93. The minimum Gasteiger partial charge on any atom is -0.350 e. The maximum absolute atomic E-state index is 6.04. The van der Waals surface area contributed by atoms with Crippen molar-refractivity contribution in [3.8, 4) is 5.69 Å². The van der Waals surface area contributed by atoms with E-state index in [2.05, 4.69) is 46.9 Å². The molecule has 2 heterocycles. The van der Waals surface area contributed by atoms with E-state index in [-0.39, 0.29) is 0 Å². The Labute approximate surface area is 190 Å². The molecule has 0 fully saturated rings. The minimum atomic E-state index is 0.521. The number of nitrogens with one attached hydrogen (secondary N) is 2. The van der Waals surface area contributed by atoms with Gasteiger partial charge in [-0.05, 0) is 48.9 Å². The highest BCUT2D eigenvalue weighted by Crippen LogP contribution is 2.27. The summed E-state index contributed by atoms with van der Waals surface area (Å²) in [5.41, 5.74) is 4.92. The molecule has 0 unspecified atom stereocenters. The van der Waals surface area contributed by atoms with Crippen molar-refractivity contribution in [3.63, 3.8) is 0 Å². The van der Waals surface area contributed by atoms with Gasteiger partial charge in [-0.1, -0.05) is 59.6 Å². The normalized spacial score (nSPS) is 10.9. The van der Waals surface area contributed by atoms with Gasteiger partial charge in [-0.15, -0.1) is 0 Å². The van der Waals surface area contributed by atoms with Crippen LogP contribution in [0, 0.1) is 6.92 Å². The van der Waals surface area contributed by atoms with Crippen LogP contribution in [0.25, 0.3) is 16.7 Å². The third-order valence-corrected chi connectivity index (χ3v) is 5.36. The zero-order valence-corrected chi connectivity index (χ0v) is 18.2. The molecule has 0 radical (unpaired) electrons.